The maximum absolute atomic E-state index is 12.6. The van der Waals surface area contributed by atoms with Crippen molar-refractivity contribution in [3.63, 3.8) is 0 Å². The molecule has 128 valence electrons. The Kier molecular flexibility index (Phi) is 3.79. The Balaban J connectivity index is 1.54. The number of nitrogens with zero attached hydrogens (tertiary/aromatic N) is 7. The van der Waals surface area contributed by atoms with E-state index in [9.17, 15) is 4.79 Å². The van der Waals surface area contributed by atoms with Crippen molar-refractivity contribution in [2.24, 2.45) is 7.05 Å². The summed E-state index contributed by atoms with van der Waals surface area (Å²) in [6.45, 7) is 4.72. The van der Waals surface area contributed by atoms with Crippen LogP contribution in [0.1, 0.15) is 16.1 Å². The maximum Gasteiger partial charge on any atom is 0.254 e. The molecule has 4 rings (SSSR count). The van der Waals surface area contributed by atoms with E-state index in [0.717, 1.165) is 35.6 Å². The SMILES string of the molecule is Cc1nn(C)c2c(N3CCN(C(=O)c4ccncc4)CC3)ncnc12. The average molecular weight is 337 g/mol. The van der Waals surface area contributed by atoms with Gasteiger partial charge in [0.2, 0.25) is 0 Å². The molecule has 1 aliphatic rings. The van der Waals surface area contributed by atoms with Gasteiger partial charge in [-0.05, 0) is 19.1 Å². The van der Waals surface area contributed by atoms with Crippen molar-refractivity contribution < 1.29 is 4.79 Å². The Bertz CT molecular complexity index is 913. The third kappa shape index (κ3) is 2.69. The number of aromatic nitrogens is 5. The van der Waals surface area contributed by atoms with E-state index in [1.54, 1.807) is 30.9 Å². The first-order valence-corrected chi connectivity index (χ1v) is 8.23. The van der Waals surface area contributed by atoms with Gasteiger partial charge in [0.05, 0.1) is 5.69 Å². The highest BCUT2D eigenvalue weighted by atomic mass is 16.2. The van der Waals surface area contributed by atoms with Gasteiger partial charge in [-0.3, -0.25) is 14.5 Å². The molecule has 0 radical (unpaired) electrons. The fraction of sp³-hybridized carbons (Fsp3) is 0.353. The molecule has 4 heterocycles. The molecule has 1 amide bonds. The topological polar surface area (TPSA) is 80.0 Å². The lowest BCUT2D eigenvalue weighted by molar-refractivity contribution is 0.0746. The summed E-state index contributed by atoms with van der Waals surface area (Å²) in [5, 5.41) is 4.45. The van der Waals surface area contributed by atoms with Crippen molar-refractivity contribution >= 4 is 22.8 Å². The molecule has 0 spiro atoms. The van der Waals surface area contributed by atoms with Gasteiger partial charge in [-0.15, -0.1) is 0 Å². The van der Waals surface area contributed by atoms with E-state index < -0.39 is 0 Å². The number of hydrogen-bond donors (Lipinski definition) is 0. The predicted molar refractivity (Wildman–Crippen MR) is 93.4 cm³/mol. The van der Waals surface area contributed by atoms with Gasteiger partial charge in [0.25, 0.3) is 5.91 Å². The smallest absolute Gasteiger partial charge is 0.254 e. The largest absolute Gasteiger partial charge is 0.351 e. The van der Waals surface area contributed by atoms with Gasteiger partial charge in [0, 0.05) is 51.2 Å². The molecular weight excluding hydrogens is 318 g/mol. The molecule has 0 N–H and O–H groups in total. The summed E-state index contributed by atoms with van der Waals surface area (Å²) in [7, 11) is 1.91. The summed E-state index contributed by atoms with van der Waals surface area (Å²) >= 11 is 0. The molecule has 3 aromatic heterocycles. The van der Waals surface area contributed by atoms with Crippen LogP contribution in [-0.4, -0.2) is 61.7 Å². The summed E-state index contributed by atoms with van der Waals surface area (Å²) in [5.74, 6) is 0.926. The Morgan fingerprint density at radius 1 is 1.08 bits per heavy atom. The zero-order chi connectivity index (χ0) is 17.4. The van der Waals surface area contributed by atoms with Crippen molar-refractivity contribution in [3.8, 4) is 0 Å². The molecule has 0 saturated carbocycles. The molecule has 0 aliphatic carbocycles. The summed E-state index contributed by atoms with van der Waals surface area (Å²) in [6.07, 6.45) is 4.87. The summed E-state index contributed by atoms with van der Waals surface area (Å²) in [4.78, 5) is 29.4. The minimum absolute atomic E-state index is 0.0475. The van der Waals surface area contributed by atoms with Crippen LogP contribution in [0.3, 0.4) is 0 Å². The number of fused-ring (bicyclic) bond motifs is 1. The van der Waals surface area contributed by atoms with Crippen molar-refractivity contribution in [2.75, 3.05) is 31.1 Å². The first kappa shape index (κ1) is 15.5. The Morgan fingerprint density at radius 2 is 1.80 bits per heavy atom. The second kappa shape index (κ2) is 6.12. The molecule has 3 aromatic rings. The quantitative estimate of drug-likeness (QED) is 0.695. The summed E-state index contributed by atoms with van der Waals surface area (Å²) < 4.78 is 1.83. The van der Waals surface area contributed by atoms with Crippen molar-refractivity contribution in [1.82, 2.24) is 29.6 Å². The number of pyridine rings is 1. The predicted octanol–water partition coefficient (Wildman–Crippen LogP) is 1.03. The Labute approximate surface area is 145 Å². The van der Waals surface area contributed by atoms with Gasteiger partial charge >= 0.3 is 0 Å². The molecule has 0 atom stereocenters. The molecule has 25 heavy (non-hydrogen) atoms. The Hall–Kier alpha value is -3.03. The van der Waals surface area contributed by atoms with Crippen molar-refractivity contribution in [1.29, 1.82) is 0 Å². The average Bonchev–Trinajstić information content (AvgIpc) is 2.96. The first-order valence-electron chi connectivity index (χ1n) is 8.23. The van der Waals surface area contributed by atoms with Crippen molar-refractivity contribution in [3.05, 3.63) is 42.1 Å². The van der Waals surface area contributed by atoms with Crippen LogP contribution in [0.2, 0.25) is 0 Å². The third-order valence-corrected chi connectivity index (χ3v) is 4.56. The van der Waals surface area contributed by atoms with Crippen LogP contribution in [0.4, 0.5) is 5.82 Å². The summed E-state index contributed by atoms with van der Waals surface area (Å²) in [6, 6.07) is 3.50. The molecule has 0 aromatic carbocycles. The van der Waals surface area contributed by atoms with Crippen LogP contribution in [0.5, 0.6) is 0 Å². The number of aryl methyl sites for hydroxylation is 2. The number of hydrogen-bond acceptors (Lipinski definition) is 6. The molecule has 0 unspecified atom stereocenters. The van der Waals surface area contributed by atoms with E-state index in [4.69, 9.17) is 0 Å². The van der Waals surface area contributed by atoms with E-state index in [0.29, 0.717) is 18.7 Å². The number of carbonyl (C=O) groups is 1. The van der Waals surface area contributed by atoms with Crippen LogP contribution in [0.25, 0.3) is 11.0 Å². The second-order valence-corrected chi connectivity index (χ2v) is 6.12. The fourth-order valence-electron chi connectivity index (χ4n) is 3.28. The second-order valence-electron chi connectivity index (χ2n) is 6.12. The molecular formula is C17H19N7O. The van der Waals surface area contributed by atoms with Gasteiger partial charge in [0.15, 0.2) is 5.82 Å². The van der Waals surface area contributed by atoms with Gasteiger partial charge < -0.3 is 9.80 Å². The highest BCUT2D eigenvalue weighted by Crippen LogP contribution is 2.25. The van der Waals surface area contributed by atoms with Crippen LogP contribution in [-0.2, 0) is 7.05 Å². The number of carbonyl (C=O) groups excluding carboxylic acids is 1. The van der Waals surface area contributed by atoms with E-state index in [-0.39, 0.29) is 5.91 Å². The minimum atomic E-state index is 0.0475. The van der Waals surface area contributed by atoms with Crippen LogP contribution in [0.15, 0.2) is 30.9 Å². The van der Waals surface area contributed by atoms with Crippen LogP contribution in [0, 0.1) is 6.92 Å². The zero-order valence-electron chi connectivity index (χ0n) is 14.3. The van der Waals surface area contributed by atoms with E-state index in [1.165, 1.54) is 0 Å². The first-order chi connectivity index (χ1) is 12.1. The van der Waals surface area contributed by atoms with E-state index in [1.807, 2.05) is 23.6 Å². The Morgan fingerprint density at radius 3 is 2.52 bits per heavy atom. The van der Waals surface area contributed by atoms with Crippen LogP contribution < -0.4 is 4.90 Å². The van der Waals surface area contributed by atoms with Crippen molar-refractivity contribution in [2.45, 2.75) is 6.92 Å². The van der Waals surface area contributed by atoms with Crippen LogP contribution >= 0.6 is 0 Å². The molecule has 1 saturated heterocycles. The lowest BCUT2D eigenvalue weighted by Gasteiger charge is -2.35. The number of anilines is 1. The normalized spacial score (nSPS) is 15.0. The van der Waals surface area contributed by atoms with Gasteiger partial charge in [0.1, 0.15) is 17.4 Å². The van der Waals surface area contributed by atoms with E-state index in [2.05, 4.69) is 25.0 Å². The lowest BCUT2D eigenvalue weighted by atomic mass is 10.2. The monoisotopic (exact) mass is 337 g/mol. The molecule has 0 bridgehead atoms. The highest BCUT2D eigenvalue weighted by molar-refractivity contribution is 5.94. The van der Waals surface area contributed by atoms with Gasteiger partial charge in [-0.1, -0.05) is 0 Å². The number of piperazine rings is 1. The summed E-state index contributed by atoms with van der Waals surface area (Å²) in [5.41, 5.74) is 3.39. The molecule has 8 heteroatoms. The molecule has 1 fully saturated rings. The highest BCUT2D eigenvalue weighted by Gasteiger charge is 2.25. The fourth-order valence-corrected chi connectivity index (χ4v) is 3.28. The number of amides is 1. The van der Waals surface area contributed by atoms with Gasteiger partial charge in [-0.25, -0.2) is 9.97 Å². The van der Waals surface area contributed by atoms with E-state index >= 15 is 0 Å². The maximum atomic E-state index is 12.6. The zero-order valence-corrected chi connectivity index (χ0v) is 14.3. The molecule has 1 aliphatic heterocycles. The third-order valence-electron chi connectivity index (χ3n) is 4.56. The van der Waals surface area contributed by atoms with Gasteiger partial charge in [-0.2, -0.15) is 5.10 Å². The minimum Gasteiger partial charge on any atom is -0.351 e. The standard InChI is InChI=1S/C17H19N7O/c1-12-14-15(22(2)21-12)16(20-11-19-14)23-7-9-24(10-8-23)17(25)13-3-5-18-6-4-13/h3-6,11H,7-10H2,1-2H3. The lowest BCUT2D eigenvalue weighted by Crippen LogP contribution is -2.49. The number of rotatable bonds is 2. The molecule has 8 nitrogen and oxygen atoms in total.